The Hall–Kier alpha value is -2.30. The number of carbonyl (C=O) groups is 2. The number of hydrogen-bond acceptors (Lipinski definition) is 2. The summed E-state index contributed by atoms with van der Waals surface area (Å²) in [6.45, 7) is 4.87. The molecule has 1 heterocycles. The second-order valence-electron chi connectivity index (χ2n) is 5.52. The van der Waals surface area contributed by atoms with Gasteiger partial charge in [-0.05, 0) is 38.1 Å². The summed E-state index contributed by atoms with van der Waals surface area (Å²) in [5, 5.41) is 3.64. The van der Waals surface area contributed by atoms with Gasteiger partial charge in [-0.25, -0.2) is 0 Å². The van der Waals surface area contributed by atoms with E-state index in [1.165, 1.54) is 0 Å². The van der Waals surface area contributed by atoms with Crippen LogP contribution in [0.5, 0.6) is 0 Å². The van der Waals surface area contributed by atoms with Crippen molar-refractivity contribution in [2.75, 3.05) is 14.1 Å². The second-order valence-corrected chi connectivity index (χ2v) is 5.52. The van der Waals surface area contributed by atoms with Crippen LogP contribution < -0.4 is 5.32 Å². The van der Waals surface area contributed by atoms with Gasteiger partial charge in [-0.3, -0.25) is 9.59 Å². The molecule has 5 nitrogen and oxygen atoms in total. The van der Waals surface area contributed by atoms with Crippen LogP contribution in [0.1, 0.15) is 30.6 Å². The topological polar surface area (TPSA) is 54.3 Å². The quantitative estimate of drug-likeness (QED) is 0.921. The summed E-state index contributed by atoms with van der Waals surface area (Å²) in [4.78, 5) is 25.6. The molecule has 2 rings (SSSR count). The highest BCUT2D eigenvalue weighted by atomic mass is 16.2. The number of nitrogens with one attached hydrogen (secondary N) is 1. The lowest BCUT2D eigenvalue weighted by atomic mass is 10.1. The summed E-state index contributed by atoms with van der Waals surface area (Å²) in [5.74, 6) is -0.134. The first kappa shape index (κ1) is 16.1. The van der Waals surface area contributed by atoms with E-state index in [1.54, 1.807) is 19.0 Å². The molecule has 0 radical (unpaired) electrons. The van der Waals surface area contributed by atoms with Crippen molar-refractivity contribution in [2.45, 2.75) is 32.9 Å². The molecule has 0 saturated heterocycles. The number of amides is 2. The molecule has 118 valence electrons. The minimum Gasteiger partial charge on any atom is -0.359 e. The summed E-state index contributed by atoms with van der Waals surface area (Å²) in [5.41, 5.74) is 1.77. The van der Waals surface area contributed by atoms with E-state index in [0.717, 1.165) is 17.4 Å². The molecule has 2 amide bonds. The molecule has 0 saturated carbocycles. The molecule has 0 unspecified atom stereocenters. The van der Waals surface area contributed by atoms with Crippen molar-refractivity contribution >= 4 is 22.7 Å². The lowest BCUT2D eigenvalue weighted by molar-refractivity contribution is -0.121. The van der Waals surface area contributed by atoms with Crippen molar-refractivity contribution in [1.82, 2.24) is 14.8 Å². The summed E-state index contributed by atoms with van der Waals surface area (Å²) in [6.07, 6.45) is 2.32. The van der Waals surface area contributed by atoms with Gasteiger partial charge in [0, 0.05) is 55.8 Å². The van der Waals surface area contributed by atoms with Crippen LogP contribution in [0.2, 0.25) is 0 Å². The third-order valence-electron chi connectivity index (χ3n) is 4.10. The van der Waals surface area contributed by atoms with Crippen LogP contribution in [0, 0.1) is 0 Å². The average Bonchev–Trinajstić information content (AvgIpc) is 2.95. The molecular weight excluding hydrogens is 278 g/mol. The van der Waals surface area contributed by atoms with Crippen LogP contribution in [-0.4, -0.2) is 41.4 Å². The molecule has 0 spiro atoms. The van der Waals surface area contributed by atoms with Crippen LogP contribution in [0.25, 0.3) is 10.9 Å². The first-order chi connectivity index (χ1) is 10.5. The van der Waals surface area contributed by atoms with Crippen LogP contribution in [0.4, 0.5) is 0 Å². The number of fused-ring (bicyclic) bond motifs is 1. The Labute approximate surface area is 130 Å². The third kappa shape index (κ3) is 3.13. The van der Waals surface area contributed by atoms with Gasteiger partial charge in [0.05, 0.1) is 0 Å². The molecule has 22 heavy (non-hydrogen) atoms. The number of rotatable bonds is 5. The van der Waals surface area contributed by atoms with Crippen molar-refractivity contribution in [1.29, 1.82) is 0 Å². The summed E-state index contributed by atoms with van der Waals surface area (Å²) in [6, 6.07) is 7.60. The maximum absolute atomic E-state index is 12.6. The Bertz CT molecular complexity index is 690. The molecule has 2 aromatic rings. The fourth-order valence-electron chi connectivity index (χ4n) is 2.52. The molecule has 1 aromatic heterocycles. The SMILES string of the molecule is CCn1ccc2cc(C(=O)N(C)[C@H](C)CC(=O)NC)ccc21. The number of benzene rings is 1. The molecule has 0 bridgehead atoms. The van der Waals surface area contributed by atoms with Gasteiger partial charge in [-0.1, -0.05) is 0 Å². The van der Waals surface area contributed by atoms with Gasteiger partial charge in [0.25, 0.3) is 5.91 Å². The largest absolute Gasteiger partial charge is 0.359 e. The molecule has 5 heteroatoms. The number of carbonyl (C=O) groups excluding carboxylic acids is 2. The monoisotopic (exact) mass is 301 g/mol. The van der Waals surface area contributed by atoms with E-state index >= 15 is 0 Å². The number of hydrogen-bond donors (Lipinski definition) is 1. The van der Waals surface area contributed by atoms with E-state index in [9.17, 15) is 9.59 Å². The fourth-order valence-corrected chi connectivity index (χ4v) is 2.52. The molecule has 0 aliphatic heterocycles. The first-order valence-corrected chi connectivity index (χ1v) is 7.54. The zero-order valence-corrected chi connectivity index (χ0v) is 13.6. The van der Waals surface area contributed by atoms with E-state index < -0.39 is 0 Å². The van der Waals surface area contributed by atoms with Gasteiger partial charge >= 0.3 is 0 Å². The Morgan fingerprint density at radius 1 is 1.32 bits per heavy atom. The van der Waals surface area contributed by atoms with E-state index in [-0.39, 0.29) is 17.9 Å². The highest BCUT2D eigenvalue weighted by Crippen LogP contribution is 2.19. The van der Waals surface area contributed by atoms with Gasteiger partial charge < -0.3 is 14.8 Å². The van der Waals surface area contributed by atoms with Crippen molar-refractivity contribution in [2.24, 2.45) is 0 Å². The predicted molar refractivity (Wildman–Crippen MR) is 87.9 cm³/mol. The molecular formula is C17H23N3O2. The lowest BCUT2D eigenvalue weighted by Gasteiger charge is -2.24. The summed E-state index contributed by atoms with van der Waals surface area (Å²) >= 11 is 0. The zero-order chi connectivity index (χ0) is 16.3. The first-order valence-electron chi connectivity index (χ1n) is 7.54. The maximum atomic E-state index is 12.6. The van der Waals surface area contributed by atoms with E-state index in [2.05, 4.69) is 16.8 Å². The fraction of sp³-hybridized carbons (Fsp3) is 0.412. The highest BCUT2D eigenvalue weighted by molar-refractivity contribution is 5.98. The van der Waals surface area contributed by atoms with Crippen LogP contribution >= 0.6 is 0 Å². The van der Waals surface area contributed by atoms with Gasteiger partial charge in [0.1, 0.15) is 0 Å². The summed E-state index contributed by atoms with van der Waals surface area (Å²) in [7, 11) is 3.33. The standard InChI is InChI=1S/C17H23N3O2/c1-5-20-9-8-13-11-14(6-7-15(13)20)17(22)19(4)12(2)10-16(21)18-3/h6-9,11-12H,5,10H2,1-4H3,(H,18,21)/t12-/m1/s1. The van der Waals surface area contributed by atoms with E-state index in [0.29, 0.717) is 12.0 Å². The van der Waals surface area contributed by atoms with Gasteiger partial charge in [-0.15, -0.1) is 0 Å². The molecule has 0 aliphatic rings. The number of aromatic nitrogens is 1. The Morgan fingerprint density at radius 2 is 2.05 bits per heavy atom. The molecule has 1 atom stereocenters. The third-order valence-corrected chi connectivity index (χ3v) is 4.10. The van der Waals surface area contributed by atoms with Crippen molar-refractivity contribution in [3.63, 3.8) is 0 Å². The minimum absolute atomic E-state index is 0.0670. The molecule has 0 fully saturated rings. The summed E-state index contributed by atoms with van der Waals surface area (Å²) < 4.78 is 2.14. The van der Waals surface area contributed by atoms with Crippen molar-refractivity contribution in [3.05, 3.63) is 36.0 Å². The van der Waals surface area contributed by atoms with E-state index in [4.69, 9.17) is 0 Å². The van der Waals surface area contributed by atoms with Crippen LogP contribution in [0.15, 0.2) is 30.5 Å². The van der Waals surface area contributed by atoms with Gasteiger partial charge in [0.15, 0.2) is 0 Å². The predicted octanol–water partition coefficient (Wildman–Crippen LogP) is 2.26. The molecule has 1 N–H and O–H groups in total. The normalized spacial score (nSPS) is 12.2. The zero-order valence-electron chi connectivity index (χ0n) is 13.6. The smallest absolute Gasteiger partial charge is 0.253 e. The van der Waals surface area contributed by atoms with Crippen LogP contribution in [-0.2, 0) is 11.3 Å². The van der Waals surface area contributed by atoms with E-state index in [1.807, 2.05) is 37.4 Å². The van der Waals surface area contributed by atoms with Crippen molar-refractivity contribution < 1.29 is 9.59 Å². The van der Waals surface area contributed by atoms with Crippen molar-refractivity contribution in [3.8, 4) is 0 Å². The molecule has 1 aromatic carbocycles. The second kappa shape index (κ2) is 6.64. The minimum atomic E-state index is -0.150. The lowest BCUT2D eigenvalue weighted by Crippen LogP contribution is -2.38. The van der Waals surface area contributed by atoms with Crippen LogP contribution in [0.3, 0.4) is 0 Å². The highest BCUT2D eigenvalue weighted by Gasteiger charge is 2.20. The maximum Gasteiger partial charge on any atom is 0.253 e. The molecule has 0 aliphatic carbocycles. The van der Waals surface area contributed by atoms with Gasteiger partial charge in [0.2, 0.25) is 5.91 Å². The Kier molecular flexibility index (Phi) is 4.85. The Balaban J connectivity index is 2.19. The average molecular weight is 301 g/mol. The number of aryl methyl sites for hydroxylation is 1. The number of nitrogens with zero attached hydrogens (tertiary/aromatic N) is 2. The van der Waals surface area contributed by atoms with Gasteiger partial charge in [-0.2, -0.15) is 0 Å². The Morgan fingerprint density at radius 3 is 2.68 bits per heavy atom.